The van der Waals surface area contributed by atoms with Gasteiger partial charge in [0.1, 0.15) is 0 Å². The highest BCUT2D eigenvalue weighted by molar-refractivity contribution is 7.98. The van der Waals surface area contributed by atoms with Crippen molar-refractivity contribution >= 4 is 23.7 Å². The molecule has 3 N–H and O–H groups in total. The Morgan fingerprint density at radius 1 is 1.36 bits per heavy atom. The summed E-state index contributed by atoms with van der Waals surface area (Å²) in [5.74, 6) is 0.746. The molecule has 1 rings (SSSR count). The summed E-state index contributed by atoms with van der Waals surface area (Å²) in [6.07, 6.45) is 1.88. The summed E-state index contributed by atoms with van der Waals surface area (Å²) in [6.45, 7) is 0. The summed E-state index contributed by atoms with van der Waals surface area (Å²) in [7, 11) is 1.74. The number of nitrogen functional groups attached to an aromatic ring is 1. The second-order valence-corrected chi connectivity index (χ2v) is 2.53. The van der Waals surface area contributed by atoms with Gasteiger partial charge in [-0.05, 0) is 6.26 Å². The predicted molar refractivity (Wildman–Crippen MR) is 45.6 cm³/mol. The van der Waals surface area contributed by atoms with Crippen molar-refractivity contribution in [1.29, 1.82) is 0 Å². The van der Waals surface area contributed by atoms with Crippen molar-refractivity contribution in [3.8, 4) is 0 Å². The smallest absolute Gasteiger partial charge is 0.228 e. The number of nitrogens with one attached hydrogen (secondary N) is 1. The topological polar surface area (TPSA) is 76.7 Å². The van der Waals surface area contributed by atoms with E-state index in [0.29, 0.717) is 11.1 Å². The number of nitrogens with two attached hydrogens (primary N) is 1. The minimum absolute atomic E-state index is 0.244. The van der Waals surface area contributed by atoms with Gasteiger partial charge in [-0.3, -0.25) is 0 Å². The molecule has 1 heterocycles. The van der Waals surface area contributed by atoms with Gasteiger partial charge in [0.15, 0.2) is 5.16 Å². The number of anilines is 2. The molecule has 0 saturated carbocycles. The maximum atomic E-state index is 5.40. The zero-order chi connectivity index (χ0) is 8.27. The van der Waals surface area contributed by atoms with Crippen molar-refractivity contribution in [2.45, 2.75) is 5.16 Å². The second kappa shape index (κ2) is 3.38. The van der Waals surface area contributed by atoms with E-state index in [0.717, 1.165) is 0 Å². The van der Waals surface area contributed by atoms with Crippen molar-refractivity contribution in [2.24, 2.45) is 0 Å². The molecule has 0 fully saturated rings. The molecule has 11 heavy (non-hydrogen) atoms. The van der Waals surface area contributed by atoms with Crippen molar-refractivity contribution in [2.75, 3.05) is 24.4 Å². The highest BCUT2D eigenvalue weighted by Gasteiger charge is 1.99. The Morgan fingerprint density at radius 2 is 2.09 bits per heavy atom. The van der Waals surface area contributed by atoms with Gasteiger partial charge in [-0.1, -0.05) is 11.8 Å². The molecule has 5 nitrogen and oxygen atoms in total. The Morgan fingerprint density at radius 3 is 2.64 bits per heavy atom. The minimum Gasteiger partial charge on any atom is -0.368 e. The summed E-state index contributed by atoms with van der Waals surface area (Å²) >= 11 is 1.43. The monoisotopic (exact) mass is 171 g/mol. The molecule has 60 valence electrons. The number of hydrogen-bond acceptors (Lipinski definition) is 6. The van der Waals surface area contributed by atoms with Crippen LogP contribution in [-0.4, -0.2) is 28.3 Å². The molecule has 0 bridgehead atoms. The van der Waals surface area contributed by atoms with Crippen LogP contribution >= 0.6 is 11.8 Å². The first-order valence-corrected chi connectivity index (χ1v) is 4.22. The van der Waals surface area contributed by atoms with Gasteiger partial charge in [-0.15, -0.1) is 0 Å². The van der Waals surface area contributed by atoms with E-state index in [1.807, 2.05) is 6.26 Å². The molecule has 0 aliphatic carbocycles. The van der Waals surface area contributed by atoms with Crippen LogP contribution in [-0.2, 0) is 0 Å². The lowest BCUT2D eigenvalue weighted by Gasteiger charge is -2.00. The van der Waals surface area contributed by atoms with Crippen LogP contribution in [0, 0.1) is 0 Å². The fraction of sp³-hybridized carbons (Fsp3) is 0.400. The van der Waals surface area contributed by atoms with Crippen molar-refractivity contribution in [3.63, 3.8) is 0 Å². The summed E-state index contributed by atoms with van der Waals surface area (Å²) in [4.78, 5) is 11.7. The van der Waals surface area contributed by atoms with Crippen LogP contribution in [0.25, 0.3) is 0 Å². The zero-order valence-corrected chi connectivity index (χ0v) is 7.14. The molecular formula is C5H9N5S. The van der Waals surface area contributed by atoms with Crippen LogP contribution in [0.3, 0.4) is 0 Å². The lowest BCUT2D eigenvalue weighted by Crippen LogP contribution is -2.03. The van der Waals surface area contributed by atoms with Crippen LogP contribution < -0.4 is 11.1 Å². The molecule has 0 aliphatic rings. The van der Waals surface area contributed by atoms with Crippen molar-refractivity contribution in [3.05, 3.63) is 0 Å². The fourth-order valence-electron chi connectivity index (χ4n) is 0.575. The standard InChI is InChI=1S/C5H9N5S/c1-7-4-8-3(6)9-5(10-4)11-2/h1-2H3,(H3,6,7,8,9,10). The quantitative estimate of drug-likeness (QED) is 0.620. The van der Waals surface area contributed by atoms with E-state index < -0.39 is 0 Å². The van der Waals surface area contributed by atoms with Gasteiger partial charge in [0.05, 0.1) is 0 Å². The average Bonchev–Trinajstić information content (AvgIpc) is 2.03. The van der Waals surface area contributed by atoms with Crippen LogP contribution in [0.5, 0.6) is 0 Å². The maximum Gasteiger partial charge on any atom is 0.228 e. The Bertz CT molecular complexity index is 228. The van der Waals surface area contributed by atoms with Crippen LogP contribution in [0.4, 0.5) is 11.9 Å². The molecule has 0 amide bonds. The average molecular weight is 171 g/mol. The van der Waals surface area contributed by atoms with Crippen molar-refractivity contribution in [1.82, 2.24) is 15.0 Å². The normalized spacial score (nSPS) is 9.64. The third-order valence-electron chi connectivity index (χ3n) is 1.04. The highest BCUT2D eigenvalue weighted by Crippen LogP contribution is 2.10. The molecule has 0 atom stereocenters. The molecule has 0 aliphatic heterocycles. The van der Waals surface area contributed by atoms with Gasteiger partial charge < -0.3 is 11.1 Å². The van der Waals surface area contributed by atoms with Crippen LogP contribution in [0.1, 0.15) is 0 Å². The predicted octanol–water partition coefficient (Wildman–Crippen LogP) is 0.217. The number of nitrogens with zero attached hydrogens (tertiary/aromatic N) is 3. The third-order valence-corrected chi connectivity index (χ3v) is 1.59. The lowest BCUT2D eigenvalue weighted by molar-refractivity contribution is 0.923. The number of rotatable bonds is 2. The summed E-state index contributed by atoms with van der Waals surface area (Å²) in [5, 5.41) is 3.41. The Hall–Kier alpha value is -1.04. The first-order chi connectivity index (χ1) is 5.26. The molecule has 0 unspecified atom stereocenters. The molecule has 1 aromatic rings. The summed E-state index contributed by atoms with van der Waals surface area (Å²) in [5.41, 5.74) is 5.40. The molecule has 0 saturated heterocycles. The van der Waals surface area contributed by atoms with Gasteiger partial charge in [0, 0.05) is 7.05 Å². The molecular weight excluding hydrogens is 162 g/mol. The lowest BCUT2D eigenvalue weighted by atomic mass is 10.9. The van der Waals surface area contributed by atoms with Crippen molar-refractivity contribution < 1.29 is 0 Å². The highest BCUT2D eigenvalue weighted by atomic mass is 32.2. The van der Waals surface area contributed by atoms with Gasteiger partial charge in [0.2, 0.25) is 11.9 Å². The van der Waals surface area contributed by atoms with E-state index in [4.69, 9.17) is 5.73 Å². The summed E-state index contributed by atoms with van der Waals surface area (Å²) in [6, 6.07) is 0. The third kappa shape index (κ3) is 1.94. The molecule has 0 radical (unpaired) electrons. The SMILES string of the molecule is CNc1nc(N)nc(SC)n1. The number of thioether (sulfide) groups is 1. The van der Waals surface area contributed by atoms with E-state index in [9.17, 15) is 0 Å². The fourth-order valence-corrected chi connectivity index (χ4v) is 0.938. The first-order valence-electron chi connectivity index (χ1n) is 2.99. The zero-order valence-electron chi connectivity index (χ0n) is 6.33. The Labute approximate surface area is 68.8 Å². The maximum absolute atomic E-state index is 5.40. The van der Waals surface area contributed by atoms with E-state index in [1.54, 1.807) is 7.05 Å². The largest absolute Gasteiger partial charge is 0.368 e. The second-order valence-electron chi connectivity index (χ2n) is 1.75. The van der Waals surface area contributed by atoms with Gasteiger partial charge in [0.25, 0.3) is 0 Å². The van der Waals surface area contributed by atoms with Crippen LogP contribution in [0.15, 0.2) is 5.16 Å². The Balaban J connectivity index is 3.02. The van der Waals surface area contributed by atoms with E-state index >= 15 is 0 Å². The van der Waals surface area contributed by atoms with Gasteiger partial charge in [-0.2, -0.15) is 15.0 Å². The molecule has 0 spiro atoms. The molecule has 6 heteroatoms. The van der Waals surface area contributed by atoms with E-state index in [1.165, 1.54) is 11.8 Å². The molecule has 1 aromatic heterocycles. The Kier molecular flexibility index (Phi) is 2.48. The van der Waals surface area contributed by atoms with E-state index in [2.05, 4.69) is 20.3 Å². The molecule has 0 aromatic carbocycles. The van der Waals surface area contributed by atoms with Gasteiger partial charge in [-0.25, -0.2) is 0 Å². The van der Waals surface area contributed by atoms with E-state index in [-0.39, 0.29) is 5.95 Å². The number of hydrogen-bond donors (Lipinski definition) is 2. The summed E-state index contributed by atoms with van der Waals surface area (Å²) < 4.78 is 0. The van der Waals surface area contributed by atoms with Crippen LogP contribution in [0.2, 0.25) is 0 Å². The number of aromatic nitrogens is 3. The minimum atomic E-state index is 0.244. The first kappa shape index (κ1) is 8.06. The van der Waals surface area contributed by atoms with Gasteiger partial charge >= 0.3 is 0 Å².